The lowest BCUT2D eigenvalue weighted by atomic mass is 9.77. The third-order valence-electron chi connectivity index (χ3n) is 3.50. The van der Waals surface area contributed by atoms with Gasteiger partial charge in [0.25, 0.3) is 0 Å². The van der Waals surface area contributed by atoms with Crippen LogP contribution in [0.15, 0.2) is 24.3 Å². The Morgan fingerprint density at radius 2 is 2.06 bits per heavy atom. The van der Waals surface area contributed by atoms with Crippen molar-refractivity contribution in [2.45, 2.75) is 26.3 Å². The van der Waals surface area contributed by atoms with Gasteiger partial charge in [0.2, 0.25) is 0 Å². The van der Waals surface area contributed by atoms with E-state index in [1.54, 1.807) is 0 Å². The van der Waals surface area contributed by atoms with Crippen molar-refractivity contribution in [2.75, 3.05) is 13.6 Å². The van der Waals surface area contributed by atoms with Gasteiger partial charge in [0, 0.05) is 6.54 Å². The summed E-state index contributed by atoms with van der Waals surface area (Å²) < 4.78 is 0. The maximum absolute atomic E-state index is 9.31. The van der Waals surface area contributed by atoms with Crippen LogP contribution in [0.3, 0.4) is 0 Å². The summed E-state index contributed by atoms with van der Waals surface area (Å²) >= 11 is 0. The van der Waals surface area contributed by atoms with E-state index in [1.807, 2.05) is 13.8 Å². The molecule has 84 valence electrons. The zero-order valence-electron chi connectivity index (χ0n) is 10.2. The Morgan fingerprint density at radius 3 is 2.75 bits per heavy atom. The summed E-state index contributed by atoms with van der Waals surface area (Å²) in [7, 11) is 2.11. The number of hydrogen-bond acceptors (Lipinski definition) is 2. The number of fused-ring (bicyclic) bond motifs is 1. The van der Waals surface area contributed by atoms with Crippen LogP contribution in [0.25, 0.3) is 0 Å². The summed E-state index contributed by atoms with van der Waals surface area (Å²) in [4.78, 5) is 2.30. The molecule has 0 N–H and O–H groups in total. The molecule has 1 unspecified atom stereocenters. The van der Waals surface area contributed by atoms with Gasteiger partial charge in [-0.05, 0) is 38.4 Å². The van der Waals surface area contributed by atoms with Gasteiger partial charge in [0.15, 0.2) is 0 Å². The molecule has 1 aromatic rings. The highest BCUT2D eigenvalue weighted by molar-refractivity contribution is 5.35. The molecule has 2 rings (SSSR count). The Hall–Kier alpha value is -1.33. The van der Waals surface area contributed by atoms with Crippen LogP contribution >= 0.6 is 0 Å². The second-order valence-electron chi connectivity index (χ2n) is 5.17. The van der Waals surface area contributed by atoms with Crippen LogP contribution in [0.5, 0.6) is 0 Å². The van der Waals surface area contributed by atoms with Gasteiger partial charge in [-0.15, -0.1) is 0 Å². The molecule has 0 fully saturated rings. The average molecular weight is 214 g/mol. The van der Waals surface area contributed by atoms with Crippen molar-refractivity contribution in [3.63, 3.8) is 0 Å². The van der Waals surface area contributed by atoms with E-state index in [2.05, 4.69) is 42.3 Å². The van der Waals surface area contributed by atoms with Gasteiger partial charge >= 0.3 is 0 Å². The van der Waals surface area contributed by atoms with Gasteiger partial charge in [0.1, 0.15) is 0 Å². The van der Waals surface area contributed by atoms with Crippen LogP contribution < -0.4 is 0 Å². The number of hydrogen-bond donors (Lipinski definition) is 0. The van der Waals surface area contributed by atoms with Gasteiger partial charge in [0.05, 0.1) is 17.5 Å². The first-order valence-electron chi connectivity index (χ1n) is 5.75. The number of nitrogens with zero attached hydrogens (tertiary/aromatic N) is 2. The molecule has 1 aromatic carbocycles. The smallest absolute Gasteiger partial charge is 0.0714 e. The SMILES string of the molecule is CN1CCc2ccccc2C1C(C)(C)C#N. The lowest BCUT2D eigenvalue weighted by molar-refractivity contribution is 0.142. The van der Waals surface area contributed by atoms with E-state index in [9.17, 15) is 5.26 Å². The first-order chi connectivity index (χ1) is 7.56. The second-order valence-corrected chi connectivity index (χ2v) is 5.17. The lowest BCUT2D eigenvalue weighted by Crippen LogP contribution is -2.40. The first-order valence-corrected chi connectivity index (χ1v) is 5.75. The van der Waals surface area contributed by atoms with E-state index in [1.165, 1.54) is 11.1 Å². The highest BCUT2D eigenvalue weighted by Gasteiger charge is 2.37. The monoisotopic (exact) mass is 214 g/mol. The molecule has 2 nitrogen and oxygen atoms in total. The molecule has 1 aliphatic rings. The van der Waals surface area contributed by atoms with Crippen molar-refractivity contribution in [3.05, 3.63) is 35.4 Å². The van der Waals surface area contributed by atoms with E-state index >= 15 is 0 Å². The molecule has 1 aliphatic heterocycles. The minimum atomic E-state index is -0.342. The molecule has 0 saturated heterocycles. The lowest BCUT2D eigenvalue weighted by Gasteiger charge is -2.40. The highest BCUT2D eigenvalue weighted by atomic mass is 15.1. The minimum Gasteiger partial charge on any atom is -0.297 e. The predicted octanol–water partition coefficient (Wildman–Crippen LogP) is 2.77. The van der Waals surface area contributed by atoms with E-state index in [4.69, 9.17) is 0 Å². The van der Waals surface area contributed by atoms with Gasteiger partial charge in [-0.2, -0.15) is 5.26 Å². The summed E-state index contributed by atoms with van der Waals surface area (Å²) in [5.41, 5.74) is 2.38. The average Bonchev–Trinajstić information content (AvgIpc) is 2.28. The van der Waals surface area contributed by atoms with E-state index in [-0.39, 0.29) is 11.5 Å². The van der Waals surface area contributed by atoms with Crippen molar-refractivity contribution in [1.29, 1.82) is 5.26 Å². The molecule has 0 amide bonds. The zero-order valence-corrected chi connectivity index (χ0v) is 10.2. The fraction of sp³-hybridized carbons (Fsp3) is 0.500. The molecule has 0 saturated carbocycles. The van der Waals surface area contributed by atoms with E-state index in [0.29, 0.717) is 0 Å². The van der Waals surface area contributed by atoms with Crippen molar-refractivity contribution in [2.24, 2.45) is 5.41 Å². The van der Waals surface area contributed by atoms with Gasteiger partial charge in [-0.3, -0.25) is 4.90 Å². The molecule has 0 spiro atoms. The van der Waals surface area contributed by atoms with Crippen LogP contribution in [0.2, 0.25) is 0 Å². The van der Waals surface area contributed by atoms with Crippen LogP contribution in [0.1, 0.15) is 31.0 Å². The van der Waals surface area contributed by atoms with E-state index < -0.39 is 0 Å². The zero-order chi connectivity index (χ0) is 11.8. The second kappa shape index (κ2) is 3.92. The largest absolute Gasteiger partial charge is 0.297 e. The molecule has 2 heteroatoms. The van der Waals surface area contributed by atoms with Gasteiger partial charge < -0.3 is 0 Å². The summed E-state index contributed by atoms with van der Waals surface area (Å²) in [5, 5.41) is 9.31. The predicted molar refractivity (Wildman–Crippen MR) is 64.9 cm³/mol. The fourth-order valence-electron chi connectivity index (χ4n) is 2.69. The third kappa shape index (κ3) is 1.72. The number of nitriles is 1. The molecular formula is C14H18N2. The number of rotatable bonds is 1. The summed E-state index contributed by atoms with van der Waals surface area (Å²) in [6, 6.07) is 11.1. The number of benzene rings is 1. The Morgan fingerprint density at radius 1 is 1.38 bits per heavy atom. The standard InChI is InChI=1S/C14H18N2/c1-14(2,10-15)13-12-7-5-4-6-11(12)8-9-16(13)3/h4-7,13H,8-9H2,1-3H3. The van der Waals surface area contributed by atoms with Gasteiger partial charge in [-0.1, -0.05) is 24.3 Å². The topological polar surface area (TPSA) is 27.0 Å². The highest BCUT2D eigenvalue weighted by Crippen LogP contribution is 2.41. The van der Waals surface area contributed by atoms with Crippen molar-refractivity contribution >= 4 is 0 Å². The van der Waals surface area contributed by atoms with Crippen LogP contribution in [0, 0.1) is 16.7 Å². The quantitative estimate of drug-likeness (QED) is 0.718. The maximum atomic E-state index is 9.31. The summed E-state index contributed by atoms with van der Waals surface area (Å²) in [5.74, 6) is 0. The molecular weight excluding hydrogens is 196 g/mol. The van der Waals surface area contributed by atoms with Crippen molar-refractivity contribution in [1.82, 2.24) is 4.90 Å². The molecule has 0 aliphatic carbocycles. The molecule has 16 heavy (non-hydrogen) atoms. The third-order valence-corrected chi connectivity index (χ3v) is 3.50. The molecule has 1 atom stereocenters. The summed E-state index contributed by atoms with van der Waals surface area (Å²) in [6.45, 7) is 5.08. The maximum Gasteiger partial charge on any atom is 0.0714 e. The van der Waals surface area contributed by atoms with Crippen LogP contribution in [-0.4, -0.2) is 18.5 Å². The Labute approximate surface area is 97.5 Å². The fourth-order valence-corrected chi connectivity index (χ4v) is 2.69. The van der Waals surface area contributed by atoms with Crippen molar-refractivity contribution in [3.8, 4) is 6.07 Å². The normalized spacial score (nSPS) is 21.2. The molecule has 1 heterocycles. The molecule has 0 aromatic heterocycles. The molecule has 0 bridgehead atoms. The number of likely N-dealkylation sites (N-methyl/N-ethyl adjacent to an activating group) is 1. The summed E-state index contributed by atoms with van der Waals surface area (Å²) in [6.07, 6.45) is 1.09. The minimum absolute atomic E-state index is 0.211. The Bertz CT molecular complexity index is 429. The molecule has 0 radical (unpaired) electrons. The van der Waals surface area contributed by atoms with Crippen molar-refractivity contribution < 1.29 is 0 Å². The van der Waals surface area contributed by atoms with Gasteiger partial charge in [-0.25, -0.2) is 0 Å². The van der Waals surface area contributed by atoms with Crippen LogP contribution in [0.4, 0.5) is 0 Å². The first kappa shape index (κ1) is 11.2. The van der Waals surface area contributed by atoms with Crippen LogP contribution in [-0.2, 0) is 6.42 Å². The van der Waals surface area contributed by atoms with E-state index in [0.717, 1.165) is 13.0 Å². The Kier molecular flexibility index (Phi) is 2.73. The Balaban J connectivity index is 2.50.